The molecule has 0 aliphatic carbocycles. The zero-order chi connectivity index (χ0) is 41.4. The molecule has 15 nitrogen and oxygen atoms in total. The summed E-state index contributed by atoms with van der Waals surface area (Å²) in [6.45, 7) is 8.41. The van der Waals surface area contributed by atoms with Gasteiger partial charge in [0.25, 0.3) is 14.1 Å². The minimum absolute atomic E-state index is 0.00598. The minimum atomic E-state index is -1.72. The maximum Gasteiger partial charge on any atom is 0.330 e. The molecule has 6 rings (SSSR count). The summed E-state index contributed by atoms with van der Waals surface area (Å²) >= 11 is 0. The van der Waals surface area contributed by atoms with E-state index in [4.69, 9.17) is 28.0 Å². The molecule has 0 saturated carbocycles. The van der Waals surface area contributed by atoms with Gasteiger partial charge in [0, 0.05) is 31.7 Å². The summed E-state index contributed by atoms with van der Waals surface area (Å²) in [5.41, 5.74) is 0.544. The summed E-state index contributed by atoms with van der Waals surface area (Å²) in [5, 5.41) is 17.4. The van der Waals surface area contributed by atoms with Gasteiger partial charge in [-0.2, -0.15) is 5.26 Å². The molecule has 1 N–H and O–H groups in total. The normalized spacial score (nSPS) is 17.5. The van der Waals surface area contributed by atoms with E-state index >= 15 is 0 Å². The van der Waals surface area contributed by atoms with Crippen LogP contribution in [0.1, 0.15) is 63.5 Å². The maximum absolute atomic E-state index is 13.5. The number of nitriles is 1. The quantitative estimate of drug-likeness (QED) is 0.0596. The Bertz CT molecular complexity index is 2200. The number of H-pyrrole nitrogens is 1. The standard InChI is InChI=1S/C42H50N7O8P/c1-28(2)49(29(3)4)58(55-23-11-22-43)57-37-24-39(48-25-35(40(50)44-41(48)51)36-26-47(5)46-45-36)56-38(37)27-54-42(30-12-9-8-10-13-30,31-14-18-33(52-6)19-15-31)32-16-20-34(53-7)21-17-32/h8-10,12-21,25-26,28-29,37-39H,11,23-24,27H2,1-7H3,(H,44,50,51). The Morgan fingerprint density at radius 3 is 2.07 bits per heavy atom. The molecule has 4 unspecified atom stereocenters. The number of benzene rings is 3. The van der Waals surface area contributed by atoms with Crippen LogP contribution in [-0.2, 0) is 31.2 Å². The van der Waals surface area contributed by atoms with Crippen LogP contribution in [0.25, 0.3) is 11.3 Å². The second kappa shape index (κ2) is 19.0. The highest BCUT2D eigenvalue weighted by Crippen LogP contribution is 2.50. The van der Waals surface area contributed by atoms with Crippen LogP contribution >= 0.6 is 8.53 Å². The van der Waals surface area contributed by atoms with Crippen LogP contribution in [0.15, 0.2) is 101 Å². The van der Waals surface area contributed by atoms with E-state index in [2.05, 4.69) is 53.7 Å². The van der Waals surface area contributed by atoms with E-state index in [1.807, 2.05) is 78.9 Å². The fourth-order valence-electron chi connectivity index (χ4n) is 7.18. The Labute approximate surface area is 339 Å². The van der Waals surface area contributed by atoms with Gasteiger partial charge in [0.2, 0.25) is 0 Å². The first kappa shape index (κ1) is 42.4. The van der Waals surface area contributed by atoms with Gasteiger partial charge in [-0.25, -0.2) is 9.46 Å². The molecule has 16 heteroatoms. The first-order valence-corrected chi connectivity index (χ1v) is 20.2. The molecule has 0 bridgehead atoms. The van der Waals surface area contributed by atoms with Gasteiger partial charge in [-0.05, 0) is 68.7 Å². The highest BCUT2D eigenvalue weighted by molar-refractivity contribution is 7.44. The molecule has 0 amide bonds. The van der Waals surface area contributed by atoms with Gasteiger partial charge < -0.3 is 28.0 Å². The van der Waals surface area contributed by atoms with E-state index in [-0.39, 0.29) is 43.7 Å². The van der Waals surface area contributed by atoms with Crippen molar-refractivity contribution < 1.29 is 28.0 Å². The lowest BCUT2D eigenvalue weighted by Gasteiger charge is -2.39. The average molecular weight is 812 g/mol. The predicted octanol–water partition coefficient (Wildman–Crippen LogP) is 6.31. The maximum atomic E-state index is 13.5. The monoisotopic (exact) mass is 811 g/mol. The lowest BCUT2D eigenvalue weighted by atomic mass is 9.80. The zero-order valence-corrected chi connectivity index (χ0v) is 34.7. The number of nitrogens with one attached hydrogen (secondary N) is 1. The van der Waals surface area contributed by atoms with Crippen molar-refractivity contribution in [2.75, 3.05) is 27.4 Å². The van der Waals surface area contributed by atoms with Crippen molar-refractivity contribution in [1.82, 2.24) is 29.2 Å². The molecule has 3 aromatic carbocycles. The summed E-state index contributed by atoms with van der Waals surface area (Å²) in [7, 11) is 3.21. The van der Waals surface area contributed by atoms with Crippen molar-refractivity contribution in [2.45, 2.75) is 76.7 Å². The van der Waals surface area contributed by atoms with Crippen molar-refractivity contribution >= 4 is 8.53 Å². The number of rotatable bonds is 18. The third-order valence-electron chi connectivity index (χ3n) is 9.86. The number of aromatic amines is 1. The summed E-state index contributed by atoms with van der Waals surface area (Å²) in [5.74, 6) is 1.38. The van der Waals surface area contributed by atoms with Gasteiger partial charge >= 0.3 is 5.69 Å². The van der Waals surface area contributed by atoms with Crippen LogP contribution in [-0.4, -0.2) is 80.9 Å². The third-order valence-corrected chi connectivity index (χ3v) is 12.0. The summed E-state index contributed by atoms with van der Waals surface area (Å²) in [4.78, 5) is 29.0. The number of aryl methyl sites for hydroxylation is 1. The second-order valence-electron chi connectivity index (χ2n) is 14.4. The molecule has 4 atom stereocenters. The number of methoxy groups -OCH3 is 2. The molecule has 1 aliphatic rings. The van der Waals surface area contributed by atoms with Crippen LogP contribution in [0.2, 0.25) is 0 Å². The molecule has 5 aromatic rings. The van der Waals surface area contributed by atoms with Crippen LogP contribution in [0.5, 0.6) is 11.5 Å². The van der Waals surface area contributed by atoms with Crippen molar-refractivity contribution in [2.24, 2.45) is 7.05 Å². The minimum Gasteiger partial charge on any atom is -0.497 e. The van der Waals surface area contributed by atoms with Crippen LogP contribution in [0.4, 0.5) is 0 Å². The molecular formula is C42H50N7O8P. The molecule has 58 heavy (non-hydrogen) atoms. The van der Waals surface area contributed by atoms with E-state index < -0.39 is 43.8 Å². The number of hydrogen-bond donors (Lipinski definition) is 1. The van der Waals surface area contributed by atoms with Crippen LogP contribution in [0, 0.1) is 11.3 Å². The van der Waals surface area contributed by atoms with Gasteiger partial charge in [0.15, 0.2) is 0 Å². The van der Waals surface area contributed by atoms with E-state index in [9.17, 15) is 14.9 Å². The van der Waals surface area contributed by atoms with Crippen molar-refractivity contribution in [3.8, 4) is 28.8 Å². The Hall–Kier alpha value is -5.20. The predicted molar refractivity (Wildman–Crippen MR) is 218 cm³/mol. The topological polar surface area (TPSA) is 168 Å². The smallest absolute Gasteiger partial charge is 0.330 e. The first-order valence-electron chi connectivity index (χ1n) is 19.1. The highest BCUT2D eigenvalue weighted by Gasteiger charge is 2.45. The largest absolute Gasteiger partial charge is 0.497 e. The number of nitrogens with zero attached hydrogens (tertiary/aromatic N) is 6. The number of aromatic nitrogens is 5. The molecule has 1 saturated heterocycles. The SMILES string of the molecule is COc1ccc(C(OCC2OC(n3cc(-c4cn(C)nn4)c(=O)[nH]c3=O)CC2OP(OCCC#N)N(C(C)C)C(C)C)(c2ccccc2)c2ccc(OC)cc2)cc1. The van der Waals surface area contributed by atoms with Gasteiger partial charge in [-0.3, -0.25) is 19.0 Å². The fraction of sp³-hybridized carbons (Fsp3) is 0.405. The van der Waals surface area contributed by atoms with Crippen LogP contribution in [0.3, 0.4) is 0 Å². The van der Waals surface area contributed by atoms with E-state index in [1.54, 1.807) is 27.5 Å². The van der Waals surface area contributed by atoms with Gasteiger partial charge in [0.1, 0.15) is 35.1 Å². The Balaban J connectivity index is 1.45. The molecule has 2 aromatic heterocycles. The Morgan fingerprint density at radius 2 is 1.53 bits per heavy atom. The van der Waals surface area contributed by atoms with Crippen molar-refractivity contribution in [3.05, 3.63) is 129 Å². The number of hydrogen-bond acceptors (Lipinski definition) is 12. The molecule has 0 radical (unpaired) electrons. The number of ether oxygens (including phenoxy) is 4. The fourth-order valence-corrected chi connectivity index (χ4v) is 8.93. The molecule has 1 aliphatic heterocycles. The average Bonchev–Trinajstić information content (AvgIpc) is 3.84. The Morgan fingerprint density at radius 1 is 0.931 bits per heavy atom. The lowest BCUT2D eigenvalue weighted by Crippen LogP contribution is -2.39. The Kier molecular flexibility index (Phi) is 13.9. The van der Waals surface area contributed by atoms with Gasteiger partial charge in [-0.15, -0.1) is 5.10 Å². The second-order valence-corrected chi connectivity index (χ2v) is 15.8. The summed E-state index contributed by atoms with van der Waals surface area (Å²) < 4.78 is 43.3. The zero-order valence-electron chi connectivity index (χ0n) is 33.8. The lowest BCUT2D eigenvalue weighted by molar-refractivity contribution is -0.0925. The molecular weight excluding hydrogens is 761 g/mol. The van der Waals surface area contributed by atoms with Crippen molar-refractivity contribution in [3.63, 3.8) is 0 Å². The highest BCUT2D eigenvalue weighted by atomic mass is 31.2. The van der Waals surface area contributed by atoms with E-state index in [0.29, 0.717) is 17.2 Å². The van der Waals surface area contributed by atoms with E-state index in [0.717, 1.165) is 16.7 Å². The molecule has 0 spiro atoms. The third kappa shape index (κ3) is 9.23. The molecule has 306 valence electrons. The van der Waals surface area contributed by atoms with Crippen molar-refractivity contribution in [1.29, 1.82) is 5.26 Å². The summed E-state index contributed by atoms with van der Waals surface area (Å²) in [6, 6.07) is 27.6. The van der Waals surface area contributed by atoms with Crippen LogP contribution < -0.4 is 20.7 Å². The first-order chi connectivity index (χ1) is 28.0. The molecule has 3 heterocycles. The van der Waals surface area contributed by atoms with Gasteiger partial charge in [0.05, 0.1) is 57.8 Å². The molecule has 1 fully saturated rings. The van der Waals surface area contributed by atoms with E-state index in [1.165, 1.54) is 15.4 Å². The summed E-state index contributed by atoms with van der Waals surface area (Å²) in [6.07, 6.45) is 1.12. The van der Waals surface area contributed by atoms with Gasteiger partial charge in [-0.1, -0.05) is 59.8 Å².